The Kier molecular flexibility index (Phi) is 4.72. The lowest BCUT2D eigenvalue weighted by Crippen LogP contribution is -2.46. The van der Waals surface area contributed by atoms with E-state index in [-0.39, 0.29) is 30.8 Å². The average molecular weight is 417 g/mol. The molecule has 1 aliphatic carbocycles. The van der Waals surface area contributed by atoms with E-state index >= 15 is 0 Å². The van der Waals surface area contributed by atoms with E-state index in [2.05, 4.69) is 5.32 Å². The average Bonchev–Trinajstić information content (AvgIpc) is 3.29. The van der Waals surface area contributed by atoms with Crippen molar-refractivity contribution in [1.82, 2.24) is 5.32 Å². The molecule has 1 fully saturated rings. The number of fused-ring (bicyclic) bond motifs is 2. The molecule has 0 saturated heterocycles. The second kappa shape index (κ2) is 7.18. The number of hydrogen-bond donors (Lipinski definition) is 3. The van der Waals surface area contributed by atoms with E-state index in [1.807, 2.05) is 0 Å². The van der Waals surface area contributed by atoms with Crippen LogP contribution in [0.2, 0.25) is 0 Å². The lowest BCUT2D eigenvalue weighted by atomic mass is 9.98. The van der Waals surface area contributed by atoms with Gasteiger partial charge in [-0.25, -0.2) is 8.78 Å². The van der Waals surface area contributed by atoms with Gasteiger partial charge in [-0.2, -0.15) is 0 Å². The highest BCUT2D eigenvalue weighted by Gasteiger charge is 2.70. The molecule has 3 aliphatic rings. The second-order valence-corrected chi connectivity index (χ2v) is 8.70. The summed E-state index contributed by atoms with van der Waals surface area (Å²) in [6, 6.07) is 8.88. The number of benzene rings is 2. The molecule has 3 N–H and O–H groups in total. The number of aliphatic hydroxyl groups is 2. The molecule has 2 aromatic carbocycles. The van der Waals surface area contributed by atoms with Crippen LogP contribution >= 0.6 is 0 Å². The van der Waals surface area contributed by atoms with Crippen LogP contribution in [0.15, 0.2) is 36.4 Å². The second-order valence-electron chi connectivity index (χ2n) is 8.70. The maximum Gasteiger partial charge on any atom is 0.142 e. The lowest BCUT2D eigenvalue weighted by Gasteiger charge is -2.31. The Morgan fingerprint density at radius 1 is 1.07 bits per heavy atom. The van der Waals surface area contributed by atoms with Crippen molar-refractivity contribution in [3.63, 3.8) is 0 Å². The molecule has 0 aromatic heterocycles. The highest BCUT2D eigenvalue weighted by Crippen LogP contribution is 2.56. The molecule has 2 aromatic rings. The zero-order valence-electron chi connectivity index (χ0n) is 16.5. The van der Waals surface area contributed by atoms with E-state index in [0.29, 0.717) is 43.6 Å². The first-order valence-corrected chi connectivity index (χ1v) is 10.4. The number of nitrogens with one attached hydrogen (secondary N) is 1. The summed E-state index contributed by atoms with van der Waals surface area (Å²) in [5.74, 6) is 0.663. The third-order valence-electron chi connectivity index (χ3n) is 6.63. The van der Waals surface area contributed by atoms with Crippen molar-refractivity contribution >= 4 is 0 Å². The molecule has 1 spiro atoms. The van der Waals surface area contributed by atoms with Crippen molar-refractivity contribution in [3.05, 3.63) is 59.2 Å². The fourth-order valence-corrected chi connectivity index (χ4v) is 4.75. The molecular weight excluding hydrogens is 392 g/mol. The van der Waals surface area contributed by atoms with Crippen LogP contribution in [-0.2, 0) is 12.8 Å². The molecule has 5 nitrogen and oxygen atoms in total. The van der Waals surface area contributed by atoms with Gasteiger partial charge in [0.15, 0.2) is 0 Å². The third-order valence-corrected chi connectivity index (χ3v) is 6.63. The van der Waals surface area contributed by atoms with E-state index in [0.717, 1.165) is 11.1 Å². The van der Waals surface area contributed by atoms with Crippen LogP contribution in [0.4, 0.5) is 8.78 Å². The fraction of sp³-hybridized carbons (Fsp3) is 0.478. The van der Waals surface area contributed by atoms with Crippen molar-refractivity contribution in [3.8, 4) is 11.5 Å². The molecule has 0 bridgehead atoms. The van der Waals surface area contributed by atoms with Gasteiger partial charge in [0.25, 0.3) is 0 Å². The number of hydrogen-bond acceptors (Lipinski definition) is 5. The first-order valence-electron chi connectivity index (χ1n) is 10.4. The minimum atomic E-state index is -1.02. The Morgan fingerprint density at radius 3 is 2.53 bits per heavy atom. The SMILES string of the molecule is O[C@@H](CNC[C@]1(O)C[C@]12CCc1cc(F)ccc1O2)[C@@H]1CCc2cc(F)ccc2O1. The van der Waals surface area contributed by atoms with E-state index in [9.17, 15) is 19.0 Å². The normalized spacial score (nSPS) is 30.1. The van der Waals surface area contributed by atoms with Gasteiger partial charge in [0, 0.05) is 19.5 Å². The molecule has 7 heteroatoms. The van der Waals surface area contributed by atoms with Crippen LogP contribution in [-0.4, -0.2) is 46.7 Å². The van der Waals surface area contributed by atoms with E-state index in [1.165, 1.54) is 24.3 Å². The Hall–Kier alpha value is -2.22. The van der Waals surface area contributed by atoms with Gasteiger partial charge in [-0.3, -0.25) is 0 Å². The van der Waals surface area contributed by atoms with Crippen LogP contribution in [0.3, 0.4) is 0 Å². The summed E-state index contributed by atoms with van der Waals surface area (Å²) in [5, 5.41) is 24.6. The summed E-state index contributed by atoms with van der Waals surface area (Å²) in [6.45, 7) is 0.552. The molecule has 2 heterocycles. The van der Waals surface area contributed by atoms with Gasteiger partial charge >= 0.3 is 0 Å². The maximum absolute atomic E-state index is 13.4. The minimum absolute atomic E-state index is 0.265. The van der Waals surface area contributed by atoms with Gasteiger partial charge in [0.1, 0.15) is 46.5 Å². The largest absolute Gasteiger partial charge is 0.487 e. The maximum atomic E-state index is 13.4. The topological polar surface area (TPSA) is 71.0 Å². The highest BCUT2D eigenvalue weighted by molar-refractivity contribution is 5.40. The predicted molar refractivity (Wildman–Crippen MR) is 106 cm³/mol. The predicted octanol–water partition coefficient (Wildman–Crippen LogP) is 2.51. The van der Waals surface area contributed by atoms with Gasteiger partial charge in [-0.15, -0.1) is 0 Å². The summed E-state index contributed by atoms with van der Waals surface area (Å²) in [7, 11) is 0. The van der Waals surface area contributed by atoms with Gasteiger partial charge in [-0.05, 0) is 73.2 Å². The van der Waals surface area contributed by atoms with Crippen molar-refractivity contribution in [2.24, 2.45) is 0 Å². The smallest absolute Gasteiger partial charge is 0.142 e. The number of aryl methyl sites for hydroxylation is 2. The van der Waals surface area contributed by atoms with Crippen molar-refractivity contribution in [1.29, 1.82) is 0 Å². The summed E-state index contributed by atoms with van der Waals surface area (Å²) >= 11 is 0. The Balaban J connectivity index is 1.14. The molecule has 5 rings (SSSR count). The summed E-state index contributed by atoms with van der Waals surface area (Å²) in [4.78, 5) is 0. The van der Waals surface area contributed by atoms with Crippen LogP contribution in [0.1, 0.15) is 30.4 Å². The molecule has 30 heavy (non-hydrogen) atoms. The van der Waals surface area contributed by atoms with E-state index in [1.54, 1.807) is 12.1 Å². The van der Waals surface area contributed by atoms with Gasteiger partial charge in [-0.1, -0.05) is 0 Å². The van der Waals surface area contributed by atoms with Crippen LogP contribution in [0.5, 0.6) is 11.5 Å². The molecular formula is C23H25F2NO4. The number of ether oxygens (including phenoxy) is 2. The standard InChI is InChI=1S/C23H25F2NO4/c24-16-2-5-19-14(9-16)1-4-21(29-19)18(27)11-26-13-22(28)12-23(22)8-7-15-10-17(25)3-6-20(15)30-23/h2-3,5-6,9-10,18,21,26-28H,1,4,7-8,11-13H2/t18-,21-,22+,23+/m0/s1. The summed E-state index contributed by atoms with van der Waals surface area (Å²) < 4.78 is 38.6. The molecule has 1 saturated carbocycles. The van der Waals surface area contributed by atoms with Crippen LogP contribution in [0, 0.1) is 11.6 Å². The number of halogens is 2. The number of aliphatic hydroxyl groups excluding tert-OH is 1. The van der Waals surface area contributed by atoms with Crippen molar-refractivity contribution in [2.75, 3.05) is 13.1 Å². The monoisotopic (exact) mass is 417 g/mol. The Labute approximate surface area is 173 Å². The molecule has 0 radical (unpaired) electrons. The van der Waals surface area contributed by atoms with E-state index in [4.69, 9.17) is 9.47 Å². The summed E-state index contributed by atoms with van der Waals surface area (Å²) in [6.07, 6.45) is 1.90. The Morgan fingerprint density at radius 2 is 1.77 bits per heavy atom. The van der Waals surface area contributed by atoms with Crippen LogP contribution in [0.25, 0.3) is 0 Å². The quantitative estimate of drug-likeness (QED) is 0.698. The summed E-state index contributed by atoms with van der Waals surface area (Å²) in [5.41, 5.74) is -0.0284. The number of rotatable bonds is 5. The Bertz CT molecular complexity index is 970. The molecule has 160 valence electrons. The zero-order valence-corrected chi connectivity index (χ0v) is 16.5. The molecule has 0 amide bonds. The van der Waals surface area contributed by atoms with Gasteiger partial charge < -0.3 is 25.0 Å². The van der Waals surface area contributed by atoms with Gasteiger partial charge in [0.2, 0.25) is 0 Å². The van der Waals surface area contributed by atoms with Crippen molar-refractivity contribution in [2.45, 2.75) is 55.5 Å². The third kappa shape index (κ3) is 3.45. The first kappa shape index (κ1) is 19.7. The minimum Gasteiger partial charge on any atom is -0.487 e. The zero-order chi connectivity index (χ0) is 20.9. The molecule has 2 aliphatic heterocycles. The first-order chi connectivity index (χ1) is 14.4. The lowest BCUT2D eigenvalue weighted by molar-refractivity contribution is 0.00876. The fourth-order valence-electron chi connectivity index (χ4n) is 4.75. The molecule has 4 atom stereocenters. The van der Waals surface area contributed by atoms with Crippen LogP contribution < -0.4 is 14.8 Å². The highest BCUT2D eigenvalue weighted by atomic mass is 19.1. The van der Waals surface area contributed by atoms with E-state index < -0.39 is 17.3 Å². The van der Waals surface area contributed by atoms with Gasteiger partial charge in [0.05, 0.1) is 0 Å². The molecule has 0 unspecified atom stereocenters. The van der Waals surface area contributed by atoms with Crippen molar-refractivity contribution < 1.29 is 28.5 Å².